The third-order valence-electron chi connectivity index (χ3n) is 2.92. The van der Waals surface area contributed by atoms with Crippen LogP contribution in [0, 0.1) is 0 Å². The number of benzene rings is 1. The van der Waals surface area contributed by atoms with Crippen LogP contribution in [-0.4, -0.2) is 40.7 Å². The number of thioether (sulfide) groups is 1. The number of carbonyl (C=O) groups excluding carboxylic acids is 1. The van der Waals surface area contributed by atoms with Crippen LogP contribution in [0.25, 0.3) is 0 Å². The van der Waals surface area contributed by atoms with Crippen molar-refractivity contribution in [3.05, 3.63) is 35.9 Å². The van der Waals surface area contributed by atoms with E-state index in [0.717, 1.165) is 17.9 Å². The van der Waals surface area contributed by atoms with E-state index in [-0.39, 0.29) is 11.9 Å². The minimum atomic E-state index is -0.146. The third-order valence-corrected chi connectivity index (χ3v) is 4.19. The highest BCUT2D eigenvalue weighted by atomic mass is 32.2. The summed E-state index contributed by atoms with van der Waals surface area (Å²) < 4.78 is 0. The van der Waals surface area contributed by atoms with E-state index in [1.807, 2.05) is 47.0 Å². The van der Waals surface area contributed by atoms with Crippen molar-refractivity contribution in [3.63, 3.8) is 0 Å². The molecular weight excluding hydrogens is 220 g/mol. The maximum Gasteiger partial charge on any atom is 0.251 e. The first kappa shape index (κ1) is 9.90. The first-order chi connectivity index (χ1) is 7.86. The average molecular weight is 232 g/mol. The lowest BCUT2D eigenvalue weighted by molar-refractivity contribution is -0.142. The van der Waals surface area contributed by atoms with Gasteiger partial charge in [-0.05, 0) is 5.56 Å². The molecule has 0 bridgehead atoms. The van der Waals surface area contributed by atoms with Crippen molar-refractivity contribution < 1.29 is 4.79 Å². The average Bonchev–Trinajstić information content (AvgIpc) is 2.75. The van der Waals surface area contributed by atoms with Crippen molar-refractivity contribution in [2.24, 2.45) is 4.99 Å². The molecule has 0 N–H and O–H groups in total. The molecule has 16 heavy (non-hydrogen) atoms. The summed E-state index contributed by atoms with van der Waals surface area (Å²) in [7, 11) is 0. The summed E-state index contributed by atoms with van der Waals surface area (Å²) in [5.74, 6) is 1.23. The predicted octanol–water partition coefficient (Wildman–Crippen LogP) is 1.39. The second-order valence-corrected chi connectivity index (χ2v) is 5.15. The second kappa shape index (κ2) is 3.94. The van der Waals surface area contributed by atoms with Gasteiger partial charge in [0.2, 0.25) is 0 Å². The number of hydrogen-bond donors (Lipinski definition) is 0. The maximum absolute atomic E-state index is 11.7. The van der Waals surface area contributed by atoms with Crippen molar-refractivity contribution >= 4 is 23.9 Å². The van der Waals surface area contributed by atoms with Gasteiger partial charge in [-0.25, -0.2) is 0 Å². The van der Waals surface area contributed by atoms with E-state index in [1.165, 1.54) is 0 Å². The minimum absolute atomic E-state index is 0.146. The summed E-state index contributed by atoms with van der Waals surface area (Å²) in [6.45, 7) is 0.894. The Balaban J connectivity index is 1.72. The van der Waals surface area contributed by atoms with Crippen molar-refractivity contribution in [2.75, 3.05) is 12.3 Å². The van der Waals surface area contributed by atoms with Gasteiger partial charge < -0.3 is 4.90 Å². The van der Waals surface area contributed by atoms with E-state index in [2.05, 4.69) is 4.99 Å². The monoisotopic (exact) mass is 232 g/mol. The Labute approximate surface area is 98.5 Å². The molecule has 0 spiro atoms. The normalized spacial score (nSPS) is 28.2. The van der Waals surface area contributed by atoms with Crippen LogP contribution in [-0.2, 0) is 4.79 Å². The van der Waals surface area contributed by atoms with E-state index < -0.39 is 0 Å². The van der Waals surface area contributed by atoms with Crippen LogP contribution in [0.2, 0.25) is 0 Å². The molecule has 1 aromatic rings. The van der Waals surface area contributed by atoms with E-state index in [4.69, 9.17) is 0 Å². The first-order valence-corrected chi connectivity index (χ1v) is 6.41. The van der Waals surface area contributed by atoms with Gasteiger partial charge in [0.1, 0.15) is 5.37 Å². The van der Waals surface area contributed by atoms with Crippen LogP contribution in [0.5, 0.6) is 0 Å². The zero-order valence-electron chi connectivity index (χ0n) is 8.74. The van der Waals surface area contributed by atoms with Gasteiger partial charge >= 0.3 is 0 Å². The first-order valence-electron chi connectivity index (χ1n) is 5.36. The number of rotatable bonds is 2. The standard InChI is InChI=1S/C12H12N2OS/c15-11-10(12-14(11)6-7-16-12)13-8-9-4-2-1-3-5-9/h1-5,8,10,12H,6-7H2. The van der Waals surface area contributed by atoms with Crippen molar-refractivity contribution in [1.29, 1.82) is 0 Å². The van der Waals surface area contributed by atoms with Crippen LogP contribution >= 0.6 is 11.8 Å². The molecule has 2 fully saturated rings. The molecule has 4 heteroatoms. The quantitative estimate of drug-likeness (QED) is 0.570. The summed E-state index contributed by atoms with van der Waals surface area (Å²) in [4.78, 5) is 18.0. The minimum Gasteiger partial charge on any atom is -0.325 e. The zero-order valence-corrected chi connectivity index (χ0v) is 9.56. The number of amides is 1. The Hall–Kier alpha value is -1.29. The molecule has 0 saturated carbocycles. The second-order valence-electron chi connectivity index (χ2n) is 3.93. The molecular formula is C12H12N2OS. The molecule has 0 aromatic heterocycles. The molecule has 2 atom stereocenters. The molecule has 3 rings (SSSR count). The molecule has 3 nitrogen and oxygen atoms in total. The van der Waals surface area contributed by atoms with E-state index in [9.17, 15) is 4.79 Å². The van der Waals surface area contributed by atoms with Crippen LogP contribution in [0.4, 0.5) is 0 Å². The molecule has 0 radical (unpaired) electrons. The van der Waals surface area contributed by atoms with Gasteiger partial charge in [0, 0.05) is 18.5 Å². The highest BCUT2D eigenvalue weighted by Crippen LogP contribution is 2.37. The van der Waals surface area contributed by atoms with Crippen molar-refractivity contribution in [3.8, 4) is 0 Å². The highest BCUT2D eigenvalue weighted by Gasteiger charge is 2.50. The summed E-state index contributed by atoms with van der Waals surface area (Å²) >= 11 is 1.83. The van der Waals surface area contributed by atoms with Gasteiger partial charge in [-0.3, -0.25) is 9.79 Å². The number of aliphatic imine (C=N–C) groups is 1. The molecule has 82 valence electrons. The fraction of sp³-hybridized carbons (Fsp3) is 0.333. The number of nitrogens with zero attached hydrogens (tertiary/aromatic N) is 2. The van der Waals surface area contributed by atoms with Crippen LogP contribution in [0.15, 0.2) is 35.3 Å². The number of β-lactam (4-membered cyclic amide) rings is 1. The Morgan fingerprint density at radius 2 is 2.19 bits per heavy atom. The van der Waals surface area contributed by atoms with E-state index in [0.29, 0.717) is 5.37 Å². The summed E-state index contributed by atoms with van der Waals surface area (Å²) in [6, 6.07) is 9.76. The topological polar surface area (TPSA) is 32.7 Å². The smallest absolute Gasteiger partial charge is 0.251 e. The molecule has 2 unspecified atom stereocenters. The van der Waals surface area contributed by atoms with Gasteiger partial charge in [-0.2, -0.15) is 0 Å². The summed E-state index contributed by atoms with van der Waals surface area (Å²) in [5.41, 5.74) is 1.05. The highest BCUT2D eigenvalue weighted by molar-refractivity contribution is 8.00. The molecule has 2 heterocycles. The largest absolute Gasteiger partial charge is 0.325 e. The Kier molecular flexibility index (Phi) is 2.44. The summed E-state index contributed by atoms with van der Waals surface area (Å²) in [5, 5.41) is 0.299. The van der Waals surface area contributed by atoms with E-state index in [1.54, 1.807) is 6.21 Å². The van der Waals surface area contributed by atoms with Gasteiger partial charge in [-0.1, -0.05) is 30.3 Å². The lowest BCUT2D eigenvalue weighted by atomic mass is 10.1. The lowest BCUT2D eigenvalue weighted by Gasteiger charge is -2.39. The summed E-state index contributed by atoms with van der Waals surface area (Å²) in [6.07, 6.45) is 1.80. The van der Waals surface area contributed by atoms with Crippen LogP contribution < -0.4 is 0 Å². The van der Waals surface area contributed by atoms with Crippen molar-refractivity contribution in [1.82, 2.24) is 4.90 Å². The van der Waals surface area contributed by atoms with Crippen LogP contribution in [0.3, 0.4) is 0 Å². The fourth-order valence-electron chi connectivity index (χ4n) is 2.04. The van der Waals surface area contributed by atoms with Crippen LogP contribution in [0.1, 0.15) is 5.56 Å². The Bertz CT molecular complexity index is 432. The number of carbonyl (C=O) groups is 1. The molecule has 1 amide bonds. The SMILES string of the molecule is O=C1C(N=Cc2ccccc2)C2SCCN12. The van der Waals surface area contributed by atoms with Gasteiger partial charge in [-0.15, -0.1) is 11.8 Å². The maximum atomic E-state index is 11.7. The lowest BCUT2D eigenvalue weighted by Crippen LogP contribution is -2.59. The molecule has 1 aromatic carbocycles. The van der Waals surface area contributed by atoms with E-state index >= 15 is 0 Å². The third kappa shape index (κ3) is 1.53. The zero-order chi connectivity index (χ0) is 11.0. The van der Waals surface area contributed by atoms with Crippen molar-refractivity contribution in [2.45, 2.75) is 11.4 Å². The molecule has 2 saturated heterocycles. The Morgan fingerprint density at radius 1 is 1.38 bits per heavy atom. The predicted molar refractivity (Wildman–Crippen MR) is 65.8 cm³/mol. The molecule has 2 aliphatic rings. The fourth-order valence-corrected chi connectivity index (χ4v) is 3.34. The number of hydrogen-bond acceptors (Lipinski definition) is 3. The van der Waals surface area contributed by atoms with Gasteiger partial charge in [0.05, 0.1) is 0 Å². The Morgan fingerprint density at radius 3 is 3.00 bits per heavy atom. The molecule has 0 aliphatic carbocycles. The molecule has 2 aliphatic heterocycles. The van der Waals surface area contributed by atoms with Gasteiger partial charge in [0.25, 0.3) is 5.91 Å². The van der Waals surface area contributed by atoms with Gasteiger partial charge in [0.15, 0.2) is 6.04 Å². The number of fused-ring (bicyclic) bond motifs is 1.